The Hall–Kier alpha value is -0.200. The van der Waals surface area contributed by atoms with Crippen molar-refractivity contribution in [2.75, 3.05) is 33.4 Å². The summed E-state index contributed by atoms with van der Waals surface area (Å²) in [6, 6.07) is 0.317. The fourth-order valence-corrected chi connectivity index (χ4v) is 2.73. The van der Waals surface area contributed by atoms with Crippen LogP contribution >= 0.6 is 0 Å². The fourth-order valence-electron chi connectivity index (χ4n) is 1.56. The van der Waals surface area contributed by atoms with Gasteiger partial charge in [0.1, 0.15) is 0 Å². The fraction of sp³-hybridized carbons (Fsp3) is 0.889. The van der Waals surface area contributed by atoms with Crippen LogP contribution in [0.5, 0.6) is 0 Å². The van der Waals surface area contributed by atoms with E-state index in [1.165, 1.54) is 0 Å². The molecule has 1 atom stereocenters. The van der Waals surface area contributed by atoms with Crippen LogP contribution in [0.15, 0.2) is 0 Å². The Morgan fingerprint density at radius 2 is 2.00 bits per heavy atom. The Bertz CT molecular complexity index is 250. The second kappa shape index (κ2) is 5.77. The number of nitrogens with zero attached hydrogens (tertiary/aromatic N) is 2. The van der Waals surface area contributed by atoms with Gasteiger partial charge in [0.25, 0.3) is 0 Å². The summed E-state index contributed by atoms with van der Waals surface area (Å²) in [5.74, 6) is 0. The molecule has 6 heteroatoms. The zero-order valence-electron chi connectivity index (χ0n) is 9.52. The highest BCUT2D eigenvalue weighted by molar-refractivity contribution is 8.27. The van der Waals surface area contributed by atoms with Crippen LogP contribution in [-0.4, -0.2) is 54.7 Å². The van der Waals surface area contributed by atoms with E-state index in [0.29, 0.717) is 6.04 Å². The van der Waals surface area contributed by atoms with E-state index in [-0.39, 0.29) is 15.7 Å². The van der Waals surface area contributed by atoms with E-state index >= 15 is 0 Å². The number of urea groups is 1. The molecule has 88 valence electrons. The van der Waals surface area contributed by atoms with Crippen LogP contribution in [-0.2, 0) is 20.8 Å². The lowest BCUT2D eigenvalue weighted by atomic mass is 10.1. The van der Waals surface area contributed by atoms with Gasteiger partial charge in [-0.25, -0.2) is 9.10 Å². The number of piperidine rings is 1. The summed E-state index contributed by atoms with van der Waals surface area (Å²) >= 11 is 5.22. The minimum Gasteiger partial charge on any atom is -0.335 e. The molecule has 1 heterocycles. The van der Waals surface area contributed by atoms with Crippen molar-refractivity contribution in [3.63, 3.8) is 0 Å². The monoisotopic (exact) mass is 249 g/mol. The maximum Gasteiger partial charge on any atom is 0.317 e. The van der Waals surface area contributed by atoms with Gasteiger partial charge in [-0.1, -0.05) is 9.64 Å². The quantitative estimate of drug-likeness (QED) is 0.767. The average Bonchev–Trinajstić information content (AvgIpc) is 2.18. The summed E-state index contributed by atoms with van der Waals surface area (Å²) in [5.41, 5.74) is 0. The lowest BCUT2D eigenvalue weighted by Crippen LogP contribution is -2.47. The summed E-state index contributed by atoms with van der Waals surface area (Å²) < 4.78 is 2.30. The van der Waals surface area contributed by atoms with Crippen LogP contribution in [0.4, 0.5) is 4.79 Å². The minimum absolute atomic E-state index is 0.00215. The standard InChI is InChI=1S/C9H19N3OS2/c1-11(2)9(13)10-8-4-6-12(7-5-8)15(3)14/h8H,4-7H2,1-3H3,(H,10,13). The first-order chi connectivity index (χ1) is 7.00. The van der Waals surface area contributed by atoms with Crippen molar-refractivity contribution in [1.29, 1.82) is 0 Å². The number of carbonyl (C=O) groups excluding carboxylic acids is 1. The molecule has 1 rings (SSSR count). The smallest absolute Gasteiger partial charge is 0.317 e. The number of nitrogens with one attached hydrogen (secondary N) is 1. The molecule has 1 N–H and O–H groups in total. The molecule has 0 aromatic heterocycles. The average molecular weight is 249 g/mol. The van der Waals surface area contributed by atoms with E-state index < -0.39 is 0 Å². The molecule has 1 saturated heterocycles. The molecule has 0 radical (unpaired) electrons. The third-order valence-corrected chi connectivity index (χ3v) is 4.28. The van der Waals surface area contributed by atoms with E-state index in [1.807, 2.05) is 0 Å². The van der Waals surface area contributed by atoms with Gasteiger partial charge in [-0.2, -0.15) is 0 Å². The zero-order valence-corrected chi connectivity index (χ0v) is 11.2. The Morgan fingerprint density at radius 1 is 1.47 bits per heavy atom. The Morgan fingerprint density at radius 3 is 2.40 bits per heavy atom. The number of hydrogen-bond donors (Lipinski definition) is 1. The molecule has 0 aliphatic carbocycles. The van der Waals surface area contributed by atoms with Crippen LogP contribution in [0.3, 0.4) is 0 Å². The molecule has 1 aliphatic heterocycles. The Balaban J connectivity index is 2.32. The van der Waals surface area contributed by atoms with Crippen molar-refractivity contribution in [1.82, 2.24) is 14.5 Å². The maximum atomic E-state index is 11.4. The maximum absolute atomic E-state index is 11.4. The molecule has 1 fully saturated rings. The lowest BCUT2D eigenvalue weighted by molar-refractivity contribution is 0.206. The van der Waals surface area contributed by atoms with Gasteiger partial charge >= 0.3 is 6.03 Å². The van der Waals surface area contributed by atoms with E-state index in [1.54, 1.807) is 19.0 Å². The van der Waals surface area contributed by atoms with Crippen molar-refractivity contribution in [2.45, 2.75) is 18.9 Å². The van der Waals surface area contributed by atoms with E-state index in [4.69, 9.17) is 11.2 Å². The van der Waals surface area contributed by atoms with Gasteiger partial charge in [-0.05, 0) is 24.0 Å². The molecule has 0 bridgehead atoms. The van der Waals surface area contributed by atoms with E-state index in [0.717, 1.165) is 25.9 Å². The van der Waals surface area contributed by atoms with Crippen LogP contribution in [0.2, 0.25) is 0 Å². The van der Waals surface area contributed by atoms with E-state index in [9.17, 15) is 4.79 Å². The highest BCUT2D eigenvalue weighted by atomic mass is 32.8. The van der Waals surface area contributed by atoms with Gasteiger partial charge in [0.2, 0.25) is 0 Å². The first-order valence-electron chi connectivity index (χ1n) is 5.07. The summed E-state index contributed by atoms with van der Waals surface area (Å²) in [4.78, 5) is 13.0. The third-order valence-electron chi connectivity index (χ3n) is 2.55. The SMILES string of the molecule is CN(C)C(=O)NC1CCN(S(C)=S)CC1. The van der Waals surface area contributed by atoms with Crippen LogP contribution in [0, 0.1) is 0 Å². The van der Waals surface area contributed by atoms with Crippen LogP contribution in [0.25, 0.3) is 0 Å². The van der Waals surface area contributed by atoms with Crippen molar-refractivity contribution in [2.24, 2.45) is 0 Å². The highest BCUT2D eigenvalue weighted by Crippen LogP contribution is 2.11. The summed E-state index contributed by atoms with van der Waals surface area (Å²) in [7, 11) is 3.48. The van der Waals surface area contributed by atoms with Gasteiger partial charge in [0.15, 0.2) is 0 Å². The molecule has 15 heavy (non-hydrogen) atoms. The first kappa shape index (κ1) is 12.9. The summed E-state index contributed by atoms with van der Waals surface area (Å²) in [6.45, 7) is 2.00. The third kappa shape index (κ3) is 4.04. The van der Waals surface area contributed by atoms with Crippen molar-refractivity contribution in [3.8, 4) is 0 Å². The summed E-state index contributed by atoms with van der Waals surface area (Å²) in [6.07, 6.45) is 4.08. The molecule has 2 amide bonds. The molecule has 0 aromatic rings. The Labute approximate surface area is 98.7 Å². The van der Waals surface area contributed by atoms with Gasteiger partial charge in [-0.3, -0.25) is 0 Å². The van der Waals surface area contributed by atoms with E-state index in [2.05, 4.69) is 15.9 Å². The largest absolute Gasteiger partial charge is 0.335 e. The molecule has 0 spiro atoms. The number of hydrogen-bond acceptors (Lipinski definition) is 2. The number of amides is 2. The van der Waals surface area contributed by atoms with Gasteiger partial charge in [0.05, 0.1) is 0 Å². The second-order valence-electron chi connectivity index (χ2n) is 3.97. The predicted octanol–water partition coefficient (Wildman–Crippen LogP) is 0.347. The minimum atomic E-state index is -0.0449. The number of rotatable bonds is 2. The normalized spacial score (nSPS) is 21.0. The van der Waals surface area contributed by atoms with Crippen molar-refractivity contribution < 1.29 is 4.79 Å². The molecule has 1 aliphatic rings. The lowest BCUT2D eigenvalue weighted by Gasteiger charge is -2.32. The molecular weight excluding hydrogens is 230 g/mol. The second-order valence-corrected chi connectivity index (χ2v) is 6.78. The summed E-state index contributed by atoms with van der Waals surface area (Å²) in [5, 5.41) is 3.01. The van der Waals surface area contributed by atoms with Gasteiger partial charge in [0, 0.05) is 39.5 Å². The van der Waals surface area contributed by atoms with Crippen LogP contribution in [0.1, 0.15) is 12.8 Å². The van der Waals surface area contributed by atoms with Crippen LogP contribution < -0.4 is 5.32 Å². The first-order valence-corrected chi connectivity index (χ1v) is 7.58. The van der Waals surface area contributed by atoms with Gasteiger partial charge < -0.3 is 10.2 Å². The molecule has 0 aromatic carbocycles. The van der Waals surface area contributed by atoms with Crippen molar-refractivity contribution >= 4 is 26.9 Å². The molecule has 1 unspecified atom stereocenters. The topological polar surface area (TPSA) is 35.6 Å². The molecule has 0 saturated carbocycles. The molecular formula is C9H19N3OS2. The Kier molecular flexibility index (Phi) is 4.95. The predicted molar refractivity (Wildman–Crippen MR) is 67.5 cm³/mol. The number of carbonyl (C=O) groups is 1. The van der Waals surface area contributed by atoms with Gasteiger partial charge in [-0.15, -0.1) is 0 Å². The zero-order chi connectivity index (χ0) is 11.4. The highest BCUT2D eigenvalue weighted by Gasteiger charge is 2.21. The molecule has 4 nitrogen and oxygen atoms in total. The van der Waals surface area contributed by atoms with Crippen molar-refractivity contribution in [3.05, 3.63) is 0 Å².